The average Bonchev–Trinajstić information content (AvgIpc) is 2.38. The third-order valence-electron chi connectivity index (χ3n) is 3.16. The van der Waals surface area contributed by atoms with E-state index < -0.39 is 0 Å². The van der Waals surface area contributed by atoms with Crippen LogP contribution >= 0.6 is 15.9 Å². The molecule has 1 aliphatic rings. The number of halogens is 1. The summed E-state index contributed by atoms with van der Waals surface area (Å²) in [7, 11) is 1.68. The lowest BCUT2D eigenvalue weighted by molar-refractivity contribution is -0.0328. The van der Waals surface area contributed by atoms with Gasteiger partial charge in [-0.15, -0.1) is 0 Å². The van der Waals surface area contributed by atoms with Crippen LogP contribution in [0.4, 0.5) is 0 Å². The summed E-state index contributed by atoms with van der Waals surface area (Å²) in [6.07, 6.45) is 0.934. The highest BCUT2D eigenvalue weighted by atomic mass is 79.9. The summed E-state index contributed by atoms with van der Waals surface area (Å²) in [5, 5.41) is 4.98. The van der Waals surface area contributed by atoms with Gasteiger partial charge in [-0.3, -0.25) is 0 Å². The highest BCUT2D eigenvalue weighted by Gasteiger charge is 2.33. The van der Waals surface area contributed by atoms with Gasteiger partial charge in [0.25, 0.3) is 0 Å². The predicted octanol–water partition coefficient (Wildman–Crippen LogP) is 3.73. The number of hydrogen-bond acceptors (Lipinski definition) is 3. The Bertz CT molecular complexity index is 440. The lowest BCUT2D eigenvalue weighted by atomic mass is 9.84. The molecule has 0 aliphatic carbocycles. The van der Waals surface area contributed by atoms with Crippen molar-refractivity contribution in [3.05, 3.63) is 29.8 Å². The number of rotatable bonds is 3. The number of ether oxygens (including phenoxy) is 1. The highest BCUT2D eigenvalue weighted by Crippen LogP contribution is 2.35. The van der Waals surface area contributed by atoms with Crippen LogP contribution in [0.1, 0.15) is 31.7 Å². The highest BCUT2D eigenvalue weighted by molar-refractivity contribution is 9.09. The Labute approximate surface area is 116 Å². The van der Waals surface area contributed by atoms with E-state index in [0.717, 1.165) is 23.2 Å². The van der Waals surface area contributed by atoms with Gasteiger partial charge in [-0.25, -0.2) is 0 Å². The van der Waals surface area contributed by atoms with E-state index in [2.05, 4.69) is 47.1 Å². The van der Waals surface area contributed by atoms with Gasteiger partial charge in [-0.05, 0) is 31.5 Å². The van der Waals surface area contributed by atoms with Gasteiger partial charge in [0, 0.05) is 17.7 Å². The number of nitrogens with zero attached hydrogens (tertiary/aromatic N) is 1. The van der Waals surface area contributed by atoms with Crippen LogP contribution < -0.4 is 4.74 Å². The van der Waals surface area contributed by atoms with Crippen molar-refractivity contribution in [3.63, 3.8) is 0 Å². The smallest absolute Gasteiger partial charge is 0.133 e. The molecule has 0 saturated heterocycles. The van der Waals surface area contributed by atoms with E-state index >= 15 is 0 Å². The number of benzene rings is 1. The van der Waals surface area contributed by atoms with Crippen LogP contribution in [0.15, 0.2) is 29.4 Å². The number of oxime groups is 1. The molecule has 1 unspecified atom stereocenters. The van der Waals surface area contributed by atoms with Crippen LogP contribution in [0.5, 0.6) is 5.75 Å². The monoisotopic (exact) mass is 311 g/mol. The molecule has 1 aliphatic heterocycles. The summed E-state index contributed by atoms with van der Waals surface area (Å²) in [6.45, 7) is 4.13. The second-order valence-corrected chi connectivity index (χ2v) is 5.66. The molecular formula is C14H18BrNO2. The fraction of sp³-hybridized carbons (Fsp3) is 0.500. The van der Waals surface area contributed by atoms with Gasteiger partial charge < -0.3 is 9.57 Å². The first-order chi connectivity index (χ1) is 8.55. The first-order valence-electron chi connectivity index (χ1n) is 6.00. The maximum atomic E-state index is 5.50. The molecule has 0 spiro atoms. The van der Waals surface area contributed by atoms with E-state index in [4.69, 9.17) is 9.57 Å². The first kappa shape index (κ1) is 13.4. The van der Waals surface area contributed by atoms with Crippen LogP contribution in [0.25, 0.3) is 0 Å². The molecule has 3 nitrogen and oxygen atoms in total. The van der Waals surface area contributed by atoms with E-state index in [1.165, 1.54) is 5.56 Å². The Morgan fingerprint density at radius 1 is 1.39 bits per heavy atom. The molecule has 0 radical (unpaired) electrons. The van der Waals surface area contributed by atoms with E-state index in [1.807, 2.05) is 12.1 Å². The van der Waals surface area contributed by atoms with Crippen molar-refractivity contribution in [2.45, 2.75) is 31.8 Å². The van der Waals surface area contributed by atoms with E-state index in [-0.39, 0.29) is 5.60 Å². The molecule has 0 aromatic heterocycles. The summed E-state index contributed by atoms with van der Waals surface area (Å²) in [6, 6.07) is 8.18. The average molecular weight is 312 g/mol. The molecule has 2 rings (SSSR count). The summed E-state index contributed by atoms with van der Waals surface area (Å²) in [4.78, 5) is 5.50. The fourth-order valence-corrected chi connectivity index (χ4v) is 2.65. The normalized spacial score (nSPS) is 22.0. The van der Waals surface area contributed by atoms with Crippen molar-refractivity contribution in [2.75, 3.05) is 12.4 Å². The molecule has 0 fully saturated rings. The minimum absolute atomic E-state index is 0.212. The summed E-state index contributed by atoms with van der Waals surface area (Å²) in [5.74, 6) is 1.18. The van der Waals surface area contributed by atoms with Crippen LogP contribution in [0, 0.1) is 0 Å². The van der Waals surface area contributed by atoms with Crippen LogP contribution in [-0.4, -0.2) is 23.8 Å². The molecule has 0 amide bonds. The molecule has 0 N–H and O–H groups in total. The number of alkyl halides is 1. The van der Waals surface area contributed by atoms with Crippen LogP contribution in [-0.2, 0) is 4.84 Å². The van der Waals surface area contributed by atoms with Crippen molar-refractivity contribution in [2.24, 2.45) is 5.16 Å². The van der Waals surface area contributed by atoms with Crippen molar-refractivity contribution < 1.29 is 9.57 Å². The van der Waals surface area contributed by atoms with Crippen molar-refractivity contribution in [1.29, 1.82) is 0 Å². The van der Waals surface area contributed by atoms with Crippen molar-refractivity contribution in [3.8, 4) is 5.75 Å². The molecule has 1 heterocycles. The molecule has 0 saturated carbocycles. The topological polar surface area (TPSA) is 30.8 Å². The third-order valence-corrected chi connectivity index (χ3v) is 3.74. The van der Waals surface area contributed by atoms with Gasteiger partial charge in [0.15, 0.2) is 0 Å². The van der Waals surface area contributed by atoms with E-state index in [9.17, 15) is 0 Å². The SMILES string of the molecule is COc1ccc(C2CC(C)(C)ON=C2CBr)cc1. The molecule has 1 aromatic rings. The number of methoxy groups -OCH3 is 1. The summed E-state index contributed by atoms with van der Waals surface area (Å²) < 4.78 is 5.19. The Hall–Kier alpha value is -1.03. The quantitative estimate of drug-likeness (QED) is 0.796. The zero-order chi connectivity index (χ0) is 13.2. The first-order valence-corrected chi connectivity index (χ1v) is 7.13. The Morgan fingerprint density at radius 2 is 2.06 bits per heavy atom. The third kappa shape index (κ3) is 2.86. The zero-order valence-corrected chi connectivity index (χ0v) is 12.5. The van der Waals surface area contributed by atoms with Gasteiger partial charge in [0.1, 0.15) is 11.4 Å². The Balaban J connectivity index is 2.28. The zero-order valence-electron chi connectivity index (χ0n) is 10.9. The van der Waals surface area contributed by atoms with Gasteiger partial charge >= 0.3 is 0 Å². The maximum absolute atomic E-state index is 5.50. The second-order valence-electron chi connectivity index (χ2n) is 5.10. The standard InChI is InChI=1S/C14H18BrNO2/c1-14(2)8-12(13(9-15)16-18-14)10-4-6-11(17-3)7-5-10/h4-7,12H,8-9H2,1-3H3. The maximum Gasteiger partial charge on any atom is 0.133 e. The van der Waals surface area contributed by atoms with Crippen LogP contribution in [0.3, 0.4) is 0 Å². The lowest BCUT2D eigenvalue weighted by Gasteiger charge is -2.33. The minimum atomic E-state index is -0.212. The lowest BCUT2D eigenvalue weighted by Crippen LogP contribution is -2.34. The fourth-order valence-electron chi connectivity index (χ4n) is 2.16. The molecule has 1 atom stereocenters. The largest absolute Gasteiger partial charge is 0.497 e. The van der Waals surface area contributed by atoms with Crippen LogP contribution in [0.2, 0.25) is 0 Å². The molecular weight excluding hydrogens is 294 g/mol. The molecule has 18 heavy (non-hydrogen) atoms. The molecule has 0 bridgehead atoms. The Kier molecular flexibility index (Phi) is 3.95. The molecule has 4 heteroatoms. The van der Waals surface area contributed by atoms with Crippen molar-refractivity contribution in [1.82, 2.24) is 0 Å². The second kappa shape index (κ2) is 5.31. The van der Waals surface area contributed by atoms with Gasteiger partial charge in [0.2, 0.25) is 0 Å². The number of hydrogen-bond donors (Lipinski definition) is 0. The summed E-state index contributed by atoms with van der Waals surface area (Å²) in [5.41, 5.74) is 2.08. The predicted molar refractivity (Wildman–Crippen MR) is 76.7 cm³/mol. The van der Waals surface area contributed by atoms with E-state index in [0.29, 0.717) is 5.92 Å². The molecule has 98 valence electrons. The molecule has 1 aromatic carbocycles. The van der Waals surface area contributed by atoms with Crippen molar-refractivity contribution >= 4 is 21.6 Å². The Morgan fingerprint density at radius 3 is 2.61 bits per heavy atom. The minimum Gasteiger partial charge on any atom is -0.497 e. The van der Waals surface area contributed by atoms with E-state index in [1.54, 1.807) is 7.11 Å². The summed E-state index contributed by atoms with van der Waals surface area (Å²) >= 11 is 3.48. The van der Waals surface area contributed by atoms with Gasteiger partial charge in [-0.2, -0.15) is 0 Å². The van der Waals surface area contributed by atoms with Gasteiger partial charge in [0.05, 0.1) is 12.8 Å². The van der Waals surface area contributed by atoms with Gasteiger partial charge in [-0.1, -0.05) is 33.2 Å².